The van der Waals surface area contributed by atoms with Crippen molar-refractivity contribution in [3.8, 4) is 0 Å². The van der Waals surface area contributed by atoms with Crippen molar-refractivity contribution >= 4 is 6.08 Å². The van der Waals surface area contributed by atoms with Crippen LogP contribution in [0.3, 0.4) is 0 Å². The van der Waals surface area contributed by atoms with E-state index in [1.54, 1.807) is 0 Å². The number of nitrogens with zero attached hydrogens (tertiary/aromatic N) is 1. The van der Waals surface area contributed by atoms with Crippen molar-refractivity contribution in [1.82, 2.24) is 4.90 Å². The second kappa shape index (κ2) is 8.35. The number of hydrogen-bond acceptors (Lipinski definition) is 2. The van der Waals surface area contributed by atoms with Crippen molar-refractivity contribution in [2.45, 2.75) is 51.6 Å². The van der Waals surface area contributed by atoms with E-state index in [1.807, 2.05) is 0 Å². The van der Waals surface area contributed by atoms with Gasteiger partial charge in [-0.15, -0.1) is 0 Å². The van der Waals surface area contributed by atoms with Crippen molar-refractivity contribution in [3.63, 3.8) is 0 Å². The lowest BCUT2D eigenvalue weighted by Gasteiger charge is -2.36. The quantitative estimate of drug-likeness (QED) is 0.858. The third kappa shape index (κ3) is 5.64. The SMILES string of the molecule is CC(C)CN(CC=Cc1ccccc1)C1CCC(N)CC1. The Labute approximate surface area is 130 Å². The van der Waals surface area contributed by atoms with Crippen molar-refractivity contribution in [3.05, 3.63) is 42.0 Å². The summed E-state index contributed by atoms with van der Waals surface area (Å²) in [6.07, 6.45) is 9.43. The highest BCUT2D eigenvalue weighted by molar-refractivity contribution is 5.48. The zero-order chi connectivity index (χ0) is 15.1. The summed E-state index contributed by atoms with van der Waals surface area (Å²) < 4.78 is 0. The van der Waals surface area contributed by atoms with Crippen molar-refractivity contribution < 1.29 is 0 Å². The maximum absolute atomic E-state index is 6.04. The van der Waals surface area contributed by atoms with E-state index in [0.717, 1.165) is 6.54 Å². The van der Waals surface area contributed by atoms with E-state index in [1.165, 1.54) is 37.8 Å². The molecule has 1 saturated carbocycles. The molecule has 116 valence electrons. The van der Waals surface area contributed by atoms with Gasteiger partial charge in [0, 0.05) is 25.2 Å². The molecule has 0 unspecified atom stereocenters. The van der Waals surface area contributed by atoms with Crippen LogP contribution in [0.15, 0.2) is 36.4 Å². The Hall–Kier alpha value is -1.12. The molecule has 0 amide bonds. The molecule has 0 aromatic heterocycles. The van der Waals surface area contributed by atoms with Crippen molar-refractivity contribution in [2.24, 2.45) is 11.7 Å². The molecule has 0 atom stereocenters. The lowest BCUT2D eigenvalue weighted by atomic mass is 9.90. The predicted octanol–water partition coefficient (Wildman–Crippen LogP) is 3.93. The summed E-state index contributed by atoms with van der Waals surface area (Å²) in [5.41, 5.74) is 7.33. The van der Waals surface area contributed by atoms with Crippen molar-refractivity contribution in [2.75, 3.05) is 13.1 Å². The van der Waals surface area contributed by atoms with Crippen LogP contribution in [0, 0.1) is 5.92 Å². The second-order valence-electron chi connectivity index (χ2n) is 6.73. The Balaban J connectivity index is 1.91. The molecular weight excluding hydrogens is 256 g/mol. The normalized spacial score (nSPS) is 23.3. The molecule has 2 nitrogen and oxygen atoms in total. The highest BCUT2D eigenvalue weighted by atomic mass is 15.2. The molecule has 2 rings (SSSR count). The van der Waals surface area contributed by atoms with Gasteiger partial charge in [0.2, 0.25) is 0 Å². The van der Waals surface area contributed by atoms with E-state index in [9.17, 15) is 0 Å². The summed E-state index contributed by atoms with van der Waals surface area (Å²) in [6.45, 7) is 6.84. The Morgan fingerprint density at radius 1 is 1.14 bits per heavy atom. The molecule has 1 aromatic rings. The molecule has 21 heavy (non-hydrogen) atoms. The first-order valence-electron chi connectivity index (χ1n) is 8.36. The molecular formula is C19H30N2. The van der Waals surface area contributed by atoms with Gasteiger partial charge in [-0.2, -0.15) is 0 Å². The molecule has 2 N–H and O–H groups in total. The summed E-state index contributed by atoms with van der Waals surface area (Å²) in [5.74, 6) is 0.714. The van der Waals surface area contributed by atoms with Crippen molar-refractivity contribution in [1.29, 1.82) is 0 Å². The largest absolute Gasteiger partial charge is 0.328 e. The van der Waals surface area contributed by atoms with Gasteiger partial charge in [0.15, 0.2) is 0 Å². The zero-order valence-corrected chi connectivity index (χ0v) is 13.5. The monoisotopic (exact) mass is 286 g/mol. The Morgan fingerprint density at radius 3 is 2.43 bits per heavy atom. The van der Waals surface area contributed by atoms with Gasteiger partial charge < -0.3 is 5.73 Å². The summed E-state index contributed by atoms with van der Waals surface area (Å²) in [6, 6.07) is 11.7. The van der Waals surface area contributed by atoms with E-state index < -0.39 is 0 Å². The van der Waals surface area contributed by atoms with Crippen LogP contribution in [0.5, 0.6) is 0 Å². The average Bonchev–Trinajstić information content (AvgIpc) is 2.48. The third-order valence-corrected chi connectivity index (χ3v) is 4.31. The standard InChI is InChI=1S/C19H30N2/c1-16(2)15-21(19-12-10-18(20)11-13-19)14-6-9-17-7-4-3-5-8-17/h3-9,16,18-19H,10-15,20H2,1-2H3. The number of nitrogens with two attached hydrogens (primary N) is 1. The molecule has 0 radical (unpaired) electrons. The fourth-order valence-electron chi connectivity index (χ4n) is 3.20. The molecule has 2 heteroatoms. The Kier molecular flexibility index (Phi) is 6.47. The average molecular weight is 286 g/mol. The van der Waals surface area contributed by atoms with E-state index in [2.05, 4.69) is 61.2 Å². The summed E-state index contributed by atoms with van der Waals surface area (Å²) in [4.78, 5) is 2.65. The minimum absolute atomic E-state index is 0.432. The number of rotatable bonds is 6. The van der Waals surface area contributed by atoms with Gasteiger partial charge in [-0.05, 0) is 37.2 Å². The van der Waals surface area contributed by atoms with E-state index >= 15 is 0 Å². The Morgan fingerprint density at radius 2 is 1.81 bits per heavy atom. The lowest BCUT2D eigenvalue weighted by Crippen LogP contribution is -2.42. The van der Waals surface area contributed by atoms with Crippen LogP contribution in [0.4, 0.5) is 0 Å². The third-order valence-electron chi connectivity index (χ3n) is 4.31. The fraction of sp³-hybridized carbons (Fsp3) is 0.579. The van der Waals surface area contributed by atoms with E-state index in [-0.39, 0.29) is 0 Å². The molecule has 0 saturated heterocycles. The summed E-state index contributed by atoms with van der Waals surface area (Å²) in [5, 5.41) is 0. The van der Waals surface area contributed by atoms with Crippen LogP contribution < -0.4 is 5.73 Å². The number of hydrogen-bond donors (Lipinski definition) is 1. The highest BCUT2D eigenvalue weighted by Crippen LogP contribution is 2.23. The molecule has 1 aromatic carbocycles. The Bertz CT molecular complexity index is 416. The van der Waals surface area contributed by atoms with Gasteiger partial charge in [-0.3, -0.25) is 4.90 Å². The molecule has 1 aliphatic carbocycles. The summed E-state index contributed by atoms with van der Waals surface area (Å²) in [7, 11) is 0. The second-order valence-corrected chi connectivity index (χ2v) is 6.73. The molecule has 0 bridgehead atoms. The first kappa shape index (κ1) is 16.3. The molecule has 1 aliphatic rings. The van der Waals surface area contributed by atoms with Gasteiger partial charge in [0.1, 0.15) is 0 Å². The smallest absolute Gasteiger partial charge is 0.0169 e. The summed E-state index contributed by atoms with van der Waals surface area (Å²) >= 11 is 0. The highest BCUT2D eigenvalue weighted by Gasteiger charge is 2.23. The van der Waals surface area contributed by atoms with Crippen LogP contribution in [-0.4, -0.2) is 30.1 Å². The first-order chi connectivity index (χ1) is 10.1. The van der Waals surface area contributed by atoms with Gasteiger partial charge in [-0.25, -0.2) is 0 Å². The minimum Gasteiger partial charge on any atom is -0.328 e. The fourth-order valence-corrected chi connectivity index (χ4v) is 3.20. The van der Waals surface area contributed by atoms with Gasteiger partial charge in [-0.1, -0.05) is 56.3 Å². The molecule has 0 heterocycles. The van der Waals surface area contributed by atoms with Crippen LogP contribution in [0.1, 0.15) is 45.1 Å². The topological polar surface area (TPSA) is 29.3 Å². The molecule has 0 spiro atoms. The predicted molar refractivity (Wildman–Crippen MR) is 92.1 cm³/mol. The minimum atomic E-state index is 0.432. The van der Waals surface area contributed by atoms with E-state index in [4.69, 9.17) is 5.73 Å². The van der Waals surface area contributed by atoms with Crippen LogP contribution in [0.25, 0.3) is 6.08 Å². The van der Waals surface area contributed by atoms with Gasteiger partial charge in [0.25, 0.3) is 0 Å². The molecule has 1 fully saturated rings. The zero-order valence-electron chi connectivity index (χ0n) is 13.5. The van der Waals surface area contributed by atoms with Crippen LogP contribution in [-0.2, 0) is 0 Å². The van der Waals surface area contributed by atoms with Crippen LogP contribution in [0.2, 0.25) is 0 Å². The first-order valence-corrected chi connectivity index (χ1v) is 8.36. The van der Waals surface area contributed by atoms with Gasteiger partial charge in [0.05, 0.1) is 0 Å². The maximum Gasteiger partial charge on any atom is 0.0169 e. The van der Waals surface area contributed by atoms with Gasteiger partial charge >= 0.3 is 0 Å². The number of benzene rings is 1. The van der Waals surface area contributed by atoms with E-state index in [0.29, 0.717) is 18.0 Å². The molecule has 0 aliphatic heterocycles. The van der Waals surface area contributed by atoms with Crippen LogP contribution >= 0.6 is 0 Å². The lowest BCUT2D eigenvalue weighted by molar-refractivity contribution is 0.149. The maximum atomic E-state index is 6.04.